The fourth-order valence-corrected chi connectivity index (χ4v) is 1.90. The minimum Gasteiger partial charge on any atom is -0.490 e. The molecule has 0 fully saturated rings. The summed E-state index contributed by atoms with van der Waals surface area (Å²) in [5.41, 5.74) is 0. The second kappa shape index (κ2) is 5.18. The van der Waals surface area contributed by atoms with E-state index >= 15 is 0 Å². The van der Waals surface area contributed by atoms with Gasteiger partial charge in [0.15, 0.2) is 11.5 Å². The maximum absolute atomic E-state index is 11.1. The standard InChI is InChI=1S/C10H14O5S/c1-3-14-8-6-5-7-9(16(11,12)13)10(8)15-4-2/h5-7H,3-4H2,1-2H3,(H,11,12,13). The SMILES string of the molecule is CCOc1cccc(S(=O)(=O)O)c1OCC. The number of para-hydroxylation sites is 1. The molecule has 0 saturated carbocycles. The number of rotatable bonds is 5. The van der Waals surface area contributed by atoms with Gasteiger partial charge >= 0.3 is 0 Å². The van der Waals surface area contributed by atoms with Crippen molar-refractivity contribution in [2.45, 2.75) is 18.7 Å². The molecule has 1 rings (SSSR count). The van der Waals surface area contributed by atoms with Gasteiger partial charge in [0.05, 0.1) is 13.2 Å². The monoisotopic (exact) mass is 246 g/mol. The van der Waals surface area contributed by atoms with Gasteiger partial charge in [-0.2, -0.15) is 8.42 Å². The highest BCUT2D eigenvalue weighted by atomic mass is 32.2. The van der Waals surface area contributed by atoms with E-state index in [1.807, 2.05) is 0 Å². The van der Waals surface area contributed by atoms with E-state index in [9.17, 15) is 8.42 Å². The van der Waals surface area contributed by atoms with Crippen LogP contribution in [-0.4, -0.2) is 26.2 Å². The predicted molar refractivity (Wildman–Crippen MR) is 58.6 cm³/mol. The van der Waals surface area contributed by atoms with Gasteiger partial charge in [-0.1, -0.05) is 6.07 Å². The first-order valence-corrected chi connectivity index (χ1v) is 6.30. The second-order valence-electron chi connectivity index (χ2n) is 2.92. The van der Waals surface area contributed by atoms with Crippen molar-refractivity contribution in [1.29, 1.82) is 0 Å². The molecule has 0 aliphatic carbocycles. The van der Waals surface area contributed by atoms with E-state index < -0.39 is 10.1 Å². The zero-order valence-electron chi connectivity index (χ0n) is 9.13. The topological polar surface area (TPSA) is 72.8 Å². The molecule has 0 atom stereocenters. The Balaban J connectivity index is 3.32. The molecule has 6 heteroatoms. The van der Waals surface area contributed by atoms with Crippen LogP contribution in [0.25, 0.3) is 0 Å². The molecular formula is C10H14O5S. The van der Waals surface area contributed by atoms with Crippen molar-refractivity contribution in [2.75, 3.05) is 13.2 Å². The van der Waals surface area contributed by atoms with Gasteiger partial charge in [-0.15, -0.1) is 0 Å². The Morgan fingerprint density at radius 3 is 2.31 bits per heavy atom. The van der Waals surface area contributed by atoms with E-state index in [-0.39, 0.29) is 17.3 Å². The molecule has 90 valence electrons. The van der Waals surface area contributed by atoms with Crippen LogP contribution >= 0.6 is 0 Å². The van der Waals surface area contributed by atoms with Crippen LogP contribution in [0.4, 0.5) is 0 Å². The molecule has 0 aromatic heterocycles. The Morgan fingerprint density at radius 2 is 1.81 bits per heavy atom. The lowest BCUT2D eigenvalue weighted by Gasteiger charge is -2.13. The van der Waals surface area contributed by atoms with Crippen LogP contribution in [0.15, 0.2) is 23.1 Å². The molecule has 0 radical (unpaired) electrons. The second-order valence-corrected chi connectivity index (χ2v) is 4.31. The fourth-order valence-electron chi connectivity index (χ4n) is 1.25. The van der Waals surface area contributed by atoms with Gasteiger partial charge in [0.2, 0.25) is 0 Å². The molecule has 0 spiro atoms. The summed E-state index contributed by atoms with van der Waals surface area (Å²) in [6.07, 6.45) is 0. The lowest BCUT2D eigenvalue weighted by Crippen LogP contribution is -2.05. The third-order valence-electron chi connectivity index (χ3n) is 1.81. The first-order valence-electron chi connectivity index (χ1n) is 4.86. The Labute approximate surface area is 94.7 Å². The van der Waals surface area contributed by atoms with Crippen LogP contribution in [0.1, 0.15) is 13.8 Å². The largest absolute Gasteiger partial charge is 0.490 e. The van der Waals surface area contributed by atoms with Gasteiger partial charge in [-0.3, -0.25) is 4.55 Å². The molecule has 0 bridgehead atoms. The van der Waals surface area contributed by atoms with Crippen molar-refractivity contribution in [1.82, 2.24) is 0 Å². The summed E-state index contributed by atoms with van der Waals surface area (Å²) < 4.78 is 41.6. The lowest BCUT2D eigenvalue weighted by atomic mass is 10.3. The molecule has 0 saturated heterocycles. The summed E-state index contributed by atoms with van der Waals surface area (Å²) in [5.74, 6) is 0.355. The maximum Gasteiger partial charge on any atom is 0.298 e. The number of ether oxygens (including phenoxy) is 2. The first-order chi connectivity index (χ1) is 7.50. The van der Waals surface area contributed by atoms with E-state index in [1.54, 1.807) is 19.9 Å². The maximum atomic E-state index is 11.1. The molecule has 0 aliphatic heterocycles. The number of hydrogen-bond acceptors (Lipinski definition) is 4. The molecule has 1 N–H and O–H groups in total. The molecule has 5 nitrogen and oxygen atoms in total. The van der Waals surface area contributed by atoms with Crippen LogP contribution in [0, 0.1) is 0 Å². The van der Waals surface area contributed by atoms with Crippen LogP contribution in [0.3, 0.4) is 0 Å². The van der Waals surface area contributed by atoms with E-state index in [1.165, 1.54) is 12.1 Å². The van der Waals surface area contributed by atoms with E-state index in [4.69, 9.17) is 14.0 Å². The van der Waals surface area contributed by atoms with Crippen molar-refractivity contribution in [3.63, 3.8) is 0 Å². The summed E-state index contributed by atoms with van der Waals surface area (Å²) in [4.78, 5) is -0.277. The quantitative estimate of drug-likeness (QED) is 0.801. The summed E-state index contributed by atoms with van der Waals surface area (Å²) in [6, 6.07) is 4.34. The van der Waals surface area contributed by atoms with Crippen molar-refractivity contribution in [3.05, 3.63) is 18.2 Å². The normalized spacial score (nSPS) is 11.2. The molecule has 16 heavy (non-hydrogen) atoms. The van der Waals surface area contributed by atoms with E-state index in [2.05, 4.69) is 0 Å². The van der Waals surface area contributed by atoms with Crippen LogP contribution < -0.4 is 9.47 Å². The van der Waals surface area contributed by atoms with Crippen molar-refractivity contribution >= 4 is 10.1 Å². The molecule has 0 unspecified atom stereocenters. The third kappa shape index (κ3) is 2.86. The Kier molecular flexibility index (Phi) is 4.14. The van der Waals surface area contributed by atoms with Gasteiger partial charge in [-0.05, 0) is 26.0 Å². The highest BCUT2D eigenvalue weighted by Crippen LogP contribution is 2.34. The van der Waals surface area contributed by atoms with E-state index in [0.29, 0.717) is 12.4 Å². The summed E-state index contributed by atoms with van der Waals surface area (Å²) in [7, 11) is -4.30. The van der Waals surface area contributed by atoms with Crippen molar-refractivity contribution in [3.8, 4) is 11.5 Å². The van der Waals surface area contributed by atoms with E-state index in [0.717, 1.165) is 0 Å². The highest BCUT2D eigenvalue weighted by Gasteiger charge is 2.20. The van der Waals surface area contributed by atoms with Gasteiger partial charge in [0.25, 0.3) is 10.1 Å². The van der Waals surface area contributed by atoms with Gasteiger partial charge in [0.1, 0.15) is 4.90 Å². The van der Waals surface area contributed by atoms with Crippen molar-refractivity contribution < 1.29 is 22.4 Å². The Hall–Kier alpha value is -1.27. The summed E-state index contributed by atoms with van der Waals surface area (Å²) >= 11 is 0. The smallest absolute Gasteiger partial charge is 0.298 e. The molecule has 0 aliphatic rings. The Morgan fingerprint density at radius 1 is 1.19 bits per heavy atom. The average Bonchev–Trinajstić information content (AvgIpc) is 2.19. The zero-order chi connectivity index (χ0) is 12.2. The fraction of sp³-hybridized carbons (Fsp3) is 0.400. The predicted octanol–water partition coefficient (Wildman–Crippen LogP) is 1.73. The van der Waals surface area contributed by atoms with Crippen LogP contribution in [0.2, 0.25) is 0 Å². The zero-order valence-corrected chi connectivity index (χ0v) is 9.95. The van der Waals surface area contributed by atoms with Gasteiger partial charge in [-0.25, -0.2) is 0 Å². The van der Waals surface area contributed by atoms with Gasteiger partial charge in [0, 0.05) is 0 Å². The number of hydrogen-bond donors (Lipinski definition) is 1. The third-order valence-corrected chi connectivity index (χ3v) is 2.69. The summed E-state index contributed by atoms with van der Waals surface area (Å²) in [5, 5.41) is 0. The average molecular weight is 246 g/mol. The molecular weight excluding hydrogens is 232 g/mol. The van der Waals surface area contributed by atoms with Crippen molar-refractivity contribution in [2.24, 2.45) is 0 Å². The minimum atomic E-state index is -4.30. The highest BCUT2D eigenvalue weighted by molar-refractivity contribution is 7.86. The van der Waals surface area contributed by atoms with Gasteiger partial charge < -0.3 is 9.47 Å². The molecule has 1 aromatic rings. The summed E-state index contributed by atoms with van der Waals surface area (Å²) in [6.45, 7) is 4.16. The minimum absolute atomic E-state index is 0.0503. The molecule has 0 heterocycles. The number of benzene rings is 1. The van der Waals surface area contributed by atoms with Crippen LogP contribution in [-0.2, 0) is 10.1 Å². The van der Waals surface area contributed by atoms with Crippen LogP contribution in [0.5, 0.6) is 11.5 Å². The molecule has 0 amide bonds. The first kappa shape index (κ1) is 12.8. The Bertz CT molecular complexity index is 452. The molecule has 1 aromatic carbocycles. The lowest BCUT2D eigenvalue weighted by molar-refractivity contribution is 0.280.